The van der Waals surface area contributed by atoms with E-state index >= 15 is 0 Å². The van der Waals surface area contributed by atoms with Gasteiger partial charge in [-0.1, -0.05) is 194 Å². The van der Waals surface area contributed by atoms with Crippen molar-refractivity contribution in [2.45, 2.75) is 5.41 Å². The van der Waals surface area contributed by atoms with Crippen LogP contribution < -0.4 is 0 Å². The number of hydrogen-bond donors (Lipinski definition) is 0. The number of benzene rings is 8. The van der Waals surface area contributed by atoms with Gasteiger partial charge >= 0.3 is 0 Å². The van der Waals surface area contributed by atoms with Crippen LogP contribution in [0.1, 0.15) is 22.3 Å². The Morgan fingerprint density at radius 3 is 1.73 bits per heavy atom. The maximum absolute atomic E-state index is 5.23. The lowest BCUT2D eigenvalue weighted by Gasteiger charge is -2.41. The van der Waals surface area contributed by atoms with Gasteiger partial charge in [-0.05, 0) is 51.6 Å². The molecule has 0 N–H and O–H groups in total. The predicted octanol–water partition coefficient (Wildman–Crippen LogP) is 12.9. The molecule has 8 aromatic carbocycles. The topological polar surface area (TPSA) is 30.7 Å². The van der Waals surface area contributed by atoms with E-state index in [9.17, 15) is 0 Å². The van der Waals surface area contributed by atoms with E-state index < -0.39 is 5.41 Å². The number of hydrogen-bond acceptors (Lipinski definition) is 2. The summed E-state index contributed by atoms with van der Waals surface area (Å²) >= 11 is 0. The molecular formula is C53H35N3. The van der Waals surface area contributed by atoms with Gasteiger partial charge in [0.05, 0.1) is 33.5 Å². The summed E-state index contributed by atoms with van der Waals surface area (Å²) in [5.74, 6) is 0.700. The summed E-state index contributed by atoms with van der Waals surface area (Å²) in [6.45, 7) is 0. The minimum atomic E-state index is -0.569. The van der Waals surface area contributed by atoms with Gasteiger partial charge < -0.3 is 4.57 Å². The molecule has 2 aromatic heterocycles. The summed E-state index contributed by atoms with van der Waals surface area (Å²) in [6, 6.07) is 76.2. The molecule has 1 aliphatic heterocycles. The highest BCUT2D eigenvalue weighted by atomic mass is 15.0. The predicted molar refractivity (Wildman–Crippen MR) is 230 cm³/mol. The molecule has 3 heteroatoms. The molecule has 1 unspecified atom stereocenters. The number of rotatable bonds is 6. The van der Waals surface area contributed by atoms with Gasteiger partial charge in [0.2, 0.25) is 0 Å². The number of fused-ring (bicyclic) bond motifs is 5. The molecule has 10 aromatic rings. The first kappa shape index (κ1) is 32.1. The molecule has 56 heavy (non-hydrogen) atoms. The first-order valence-corrected chi connectivity index (χ1v) is 19.2. The fourth-order valence-electron chi connectivity index (χ4n) is 9.10. The average molecular weight is 714 g/mol. The lowest BCUT2D eigenvalue weighted by atomic mass is 9.63. The maximum atomic E-state index is 5.23. The molecule has 0 radical (unpaired) electrons. The molecule has 1 atom stereocenters. The highest BCUT2D eigenvalue weighted by Crippen LogP contribution is 2.54. The highest BCUT2D eigenvalue weighted by Gasteiger charge is 2.45. The second-order valence-corrected chi connectivity index (χ2v) is 14.5. The summed E-state index contributed by atoms with van der Waals surface area (Å²) in [6.07, 6.45) is 0. The number of aromatic nitrogens is 3. The van der Waals surface area contributed by atoms with Gasteiger partial charge in [-0.2, -0.15) is 0 Å². The first-order valence-electron chi connectivity index (χ1n) is 19.2. The maximum Gasteiger partial charge on any atom is 0.160 e. The van der Waals surface area contributed by atoms with E-state index in [2.05, 4.69) is 199 Å². The standard InChI is InChI=1S/C53H35N3/c1-4-17-36(18-5-1)41-23-10-11-24-42(41)48-35-47(54-52(55-48)38-19-6-2-7-20-38)37-31-33-40(34-32-37)53(39-21-8-3-9-22-39)45-27-13-15-30-50(45)56-49-29-14-12-25-43(49)44-26-16-28-46(53)51(44)56/h1-35H. The van der Waals surface area contributed by atoms with Crippen LogP contribution in [-0.2, 0) is 5.41 Å². The molecule has 0 fully saturated rings. The molecule has 0 aliphatic carbocycles. The Bertz CT molecular complexity index is 3060. The molecule has 0 bridgehead atoms. The van der Waals surface area contributed by atoms with Crippen molar-refractivity contribution in [2.24, 2.45) is 0 Å². The Balaban J connectivity index is 1.14. The van der Waals surface area contributed by atoms with E-state index in [1.165, 1.54) is 49.7 Å². The SMILES string of the molecule is c1ccc(-c2nc(-c3ccc(C4(c5ccccc5)c5ccccc5-n5c6ccccc6c6cccc4c65)cc3)cc(-c3ccccc3-c3ccccc3)n2)cc1. The van der Waals surface area contributed by atoms with E-state index in [0.717, 1.165) is 39.2 Å². The van der Waals surface area contributed by atoms with Crippen LogP contribution in [0.3, 0.4) is 0 Å². The Morgan fingerprint density at radius 2 is 0.946 bits per heavy atom. The Hall–Kier alpha value is -7.36. The fourth-order valence-corrected chi connectivity index (χ4v) is 9.10. The van der Waals surface area contributed by atoms with Crippen LogP contribution in [-0.4, -0.2) is 14.5 Å². The van der Waals surface area contributed by atoms with Gasteiger partial charge in [0.1, 0.15) is 0 Å². The summed E-state index contributed by atoms with van der Waals surface area (Å²) in [4.78, 5) is 10.4. The third kappa shape index (κ3) is 4.84. The summed E-state index contributed by atoms with van der Waals surface area (Å²) in [5, 5.41) is 2.53. The zero-order chi connectivity index (χ0) is 37.1. The van der Waals surface area contributed by atoms with Gasteiger partial charge in [-0.3, -0.25) is 0 Å². The molecule has 3 heterocycles. The first-order chi connectivity index (χ1) is 27.8. The van der Waals surface area contributed by atoms with Crippen LogP contribution in [0.15, 0.2) is 212 Å². The average Bonchev–Trinajstić information content (AvgIpc) is 3.63. The molecule has 1 aliphatic rings. The van der Waals surface area contributed by atoms with E-state index in [1.807, 2.05) is 18.2 Å². The van der Waals surface area contributed by atoms with Crippen LogP contribution in [0.5, 0.6) is 0 Å². The quantitative estimate of drug-likeness (QED) is 0.172. The zero-order valence-corrected chi connectivity index (χ0v) is 30.5. The minimum Gasteiger partial charge on any atom is -0.309 e. The van der Waals surface area contributed by atoms with Crippen LogP contribution in [0, 0.1) is 0 Å². The molecule has 0 spiro atoms. The van der Waals surface area contributed by atoms with Crippen LogP contribution in [0.4, 0.5) is 0 Å². The monoisotopic (exact) mass is 713 g/mol. The second-order valence-electron chi connectivity index (χ2n) is 14.5. The fraction of sp³-hybridized carbons (Fsp3) is 0.0189. The van der Waals surface area contributed by atoms with E-state index in [-0.39, 0.29) is 0 Å². The van der Waals surface area contributed by atoms with Crippen LogP contribution >= 0.6 is 0 Å². The van der Waals surface area contributed by atoms with Gasteiger partial charge in [0.25, 0.3) is 0 Å². The van der Waals surface area contributed by atoms with Crippen molar-refractivity contribution in [3.63, 3.8) is 0 Å². The van der Waals surface area contributed by atoms with E-state index in [1.54, 1.807) is 0 Å². The molecule has 11 rings (SSSR count). The number of para-hydroxylation sites is 3. The third-order valence-corrected chi connectivity index (χ3v) is 11.5. The van der Waals surface area contributed by atoms with Gasteiger partial charge in [0, 0.05) is 27.5 Å². The lowest BCUT2D eigenvalue weighted by molar-refractivity contribution is 0.728. The third-order valence-electron chi connectivity index (χ3n) is 11.5. The van der Waals surface area contributed by atoms with Crippen molar-refractivity contribution in [2.75, 3.05) is 0 Å². The van der Waals surface area contributed by atoms with E-state index in [0.29, 0.717) is 5.82 Å². The molecule has 0 saturated carbocycles. The normalized spacial score (nSPS) is 14.5. The summed E-state index contributed by atoms with van der Waals surface area (Å²) in [7, 11) is 0. The summed E-state index contributed by atoms with van der Waals surface area (Å²) < 4.78 is 2.48. The largest absolute Gasteiger partial charge is 0.309 e. The smallest absolute Gasteiger partial charge is 0.160 e. The minimum absolute atomic E-state index is 0.569. The summed E-state index contributed by atoms with van der Waals surface area (Å²) in [5.41, 5.74) is 15.2. The molecule has 3 nitrogen and oxygen atoms in total. The van der Waals surface area contributed by atoms with Gasteiger partial charge in [-0.25, -0.2) is 9.97 Å². The molecule has 0 saturated heterocycles. The van der Waals surface area contributed by atoms with Crippen molar-refractivity contribution in [1.82, 2.24) is 14.5 Å². The van der Waals surface area contributed by atoms with Crippen molar-refractivity contribution < 1.29 is 0 Å². The number of nitrogens with zero attached hydrogens (tertiary/aromatic N) is 3. The second kappa shape index (κ2) is 12.9. The highest BCUT2D eigenvalue weighted by molar-refractivity contribution is 6.12. The Kier molecular flexibility index (Phi) is 7.39. The van der Waals surface area contributed by atoms with Crippen molar-refractivity contribution in [1.29, 1.82) is 0 Å². The molecule has 0 amide bonds. The van der Waals surface area contributed by atoms with E-state index in [4.69, 9.17) is 9.97 Å². The Morgan fingerprint density at radius 1 is 0.375 bits per heavy atom. The van der Waals surface area contributed by atoms with Crippen molar-refractivity contribution in [3.8, 4) is 50.7 Å². The van der Waals surface area contributed by atoms with Gasteiger partial charge in [0.15, 0.2) is 5.82 Å². The van der Waals surface area contributed by atoms with Crippen LogP contribution in [0.2, 0.25) is 0 Å². The van der Waals surface area contributed by atoms with Crippen molar-refractivity contribution >= 4 is 21.8 Å². The van der Waals surface area contributed by atoms with Crippen LogP contribution in [0.25, 0.3) is 72.5 Å². The van der Waals surface area contributed by atoms with Gasteiger partial charge in [-0.15, -0.1) is 0 Å². The lowest BCUT2D eigenvalue weighted by Crippen LogP contribution is -2.35. The molecular weight excluding hydrogens is 679 g/mol. The Labute approximate surface area is 325 Å². The molecule has 262 valence electrons. The zero-order valence-electron chi connectivity index (χ0n) is 30.5. The van der Waals surface area contributed by atoms with Crippen molar-refractivity contribution in [3.05, 3.63) is 235 Å².